The van der Waals surface area contributed by atoms with Crippen LogP contribution in [0, 0.1) is 11.6 Å². The molecule has 0 spiro atoms. The van der Waals surface area contributed by atoms with E-state index in [4.69, 9.17) is 4.74 Å². The molecule has 0 saturated heterocycles. The summed E-state index contributed by atoms with van der Waals surface area (Å²) in [4.78, 5) is 13.9. The van der Waals surface area contributed by atoms with Crippen molar-refractivity contribution in [2.75, 3.05) is 6.54 Å². The van der Waals surface area contributed by atoms with E-state index in [0.717, 1.165) is 12.1 Å². The first kappa shape index (κ1) is 19.9. The van der Waals surface area contributed by atoms with Gasteiger partial charge < -0.3 is 9.64 Å². The second-order valence-corrected chi connectivity index (χ2v) is 7.17. The Labute approximate surface area is 152 Å². The monoisotopic (exact) mass is 365 g/mol. The Balaban J connectivity index is 2.09. The quantitative estimate of drug-likeness (QED) is 0.785. The summed E-state index contributed by atoms with van der Waals surface area (Å²) in [7, 11) is 0. The van der Waals surface area contributed by atoms with Gasteiger partial charge in [-0.15, -0.1) is 0 Å². The topological polar surface area (TPSA) is 47.4 Å². The second kappa shape index (κ2) is 7.85. The van der Waals surface area contributed by atoms with Gasteiger partial charge >= 0.3 is 6.09 Å². The molecule has 0 unspecified atom stereocenters. The average Bonchev–Trinajstić information content (AvgIpc) is 2.97. The third kappa shape index (κ3) is 5.03. The molecule has 2 aromatic rings. The van der Waals surface area contributed by atoms with Gasteiger partial charge in [-0.25, -0.2) is 13.6 Å². The molecule has 0 aliphatic rings. The van der Waals surface area contributed by atoms with Gasteiger partial charge in [-0.05, 0) is 58.9 Å². The molecule has 7 heteroatoms. The number of aromatic nitrogens is 2. The van der Waals surface area contributed by atoms with Crippen LogP contribution in [0.4, 0.5) is 13.6 Å². The van der Waals surface area contributed by atoms with Gasteiger partial charge in [-0.2, -0.15) is 5.10 Å². The Kier molecular flexibility index (Phi) is 6.00. The number of ether oxygens (including phenoxy) is 1. The van der Waals surface area contributed by atoms with Crippen molar-refractivity contribution in [3.8, 4) is 11.3 Å². The summed E-state index contributed by atoms with van der Waals surface area (Å²) in [6.45, 7) is 10.2. The Morgan fingerprint density at radius 3 is 2.54 bits per heavy atom. The summed E-state index contributed by atoms with van der Waals surface area (Å²) in [5, 5.41) is 4.39. The van der Waals surface area contributed by atoms with Gasteiger partial charge in [-0.1, -0.05) is 0 Å². The Morgan fingerprint density at radius 1 is 1.27 bits per heavy atom. The van der Waals surface area contributed by atoms with Crippen LogP contribution in [0.25, 0.3) is 11.3 Å². The molecule has 2 rings (SSSR count). The van der Waals surface area contributed by atoms with Crippen molar-refractivity contribution in [3.63, 3.8) is 0 Å². The highest BCUT2D eigenvalue weighted by atomic mass is 19.2. The highest BCUT2D eigenvalue weighted by molar-refractivity contribution is 5.68. The fourth-order valence-electron chi connectivity index (χ4n) is 2.58. The molecule has 1 heterocycles. The number of hydrogen-bond acceptors (Lipinski definition) is 3. The zero-order valence-corrected chi connectivity index (χ0v) is 15.8. The van der Waals surface area contributed by atoms with Crippen LogP contribution in [0.2, 0.25) is 0 Å². The minimum Gasteiger partial charge on any atom is -0.444 e. The predicted octanol–water partition coefficient (Wildman–Crippen LogP) is 4.47. The third-order valence-corrected chi connectivity index (χ3v) is 3.81. The third-order valence-electron chi connectivity index (χ3n) is 3.81. The van der Waals surface area contributed by atoms with E-state index in [1.165, 1.54) is 6.07 Å². The molecule has 0 saturated carbocycles. The molecule has 0 bridgehead atoms. The van der Waals surface area contributed by atoms with Gasteiger partial charge in [0.15, 0.2) is 11.6 Å². The highest BCUT2D eigenvalue weighted by Gasteiger charge is 2.25. The minimum absolute atomic E-state index is 0.146. The molecule has 1 aromatic carbocycles. The molecule has 5 nitrogen and oxygen atoms in total. The molecule has 142 valence electrons. The normalized spacial score (nSPS) is 12.7. The van der Waals surface area contributed by atoms with Crippen molar-refractivity contribution in [2.24, 2.45) is 0 Å². The maximum absolute atomic E-state index is 13.4. The Morgan fingerprint density at radius 2 is 1.96 bits per heavy atom. The summed E-state index contributed by atoms with van der Waals surface area (Å²) in [6.07, 6.45) is 1.37. The van der Waals surface area contributed by atoms with Crippen LogP contribution in [0.15, 0.2) is 30.5 Å². The van der Waals surface area contributed by atoms with E-state index in [9.17, 15) is 13.6 Å². The van der Waals surface area contributed by atoms with Crippen molar-refractivity contribution in [2.45, 2.75) is 52.8 Å². The lowest BCUT2D eigenvalue weighted by atomic mass is 10.1. The zero-order chi connectivity index (χ0) is 19.5. The molecule has 0 aliphatic carbocycles. The summed E-state index contributed by atoms with van der Waals surface area (Å²) >= 11 is 0. The SMILES string of the molecule is CCN(C(=O)OC(C)(C)C)[C@@H](C)Cn1ccc(-c2ccc(F)c(F)c2)n1. The average molecular weight is 365 g/mol. The molecule has 0 fully saturated rings. The summed E-state index contributed by atoms with van der Waals surface area (Å²) in [6, 6.07) is 5.25. The van der Waals surface area contributed by atoms with Gasteiger partial charge in [0.05, 0.1) is 18.3 Å². The number of rotatable bonds is 5. The first-order valence-corrected chi connectivity index (χ1v) is 8.59. The highest BCUT2D eigenvalue weighted by Crippen LogP contribution is 2.20. The lowest BCUT2D eigenvalue weighted by Crippen LogP contribution is -2.43. The van der Waals surface area contributed by atoms with E-state index in [2.05, 4.69) is 5.10 Å². The number of amides is 1. The van der Waals surface area contributed by atoms with Crippen LogP contribution in [-0.2, 0) is 11.3 Å². The van der Waals surface area contributed by atoms with Crippen molar-refractivity contribution < 1.29 is 18.3 Å². The zero-order valence-electron chi connectivity index (χ0n) is 15.8. The largest absolute Gasteiger partial charge is 0.444 e. The number of carbonyl (C=O) groups is 1. The molecule has 0 aliphatic heterocycles. The molecule has 1 atom stereocenters. The molecule has 0 radical (unpaired) electrons. The summed E-state index contributed by atoms with van der Waals surface area (Å²) in [5.74, 6) is -1.80. The van der Waals surface area contributed by atoms with Gasteiger partial charge in [-0.3, -0.25) is 4.68 Å². The molecule has 0 N–H and O–H groups in total. The number of hydrogen-bond donors (Lipinski definition) is 0. The predicted molar refractivity (Wildman–Crippen MR) is 95.7 cm³/mol. The fourth-order valence-corrected chi connectivity index (χ4v) is 2.58. The van der Waals surface area contributed by atoms with E-state index in [1.807, 2.05) is 34.6 Å². The lowest BCUT2D eigenvalue weighted by Gasteiger charge is -2.30. The maximum Gasteiger partial charge on any atom is 0.410 e. The number of likely N-dealkylation sites (N-methyl/N-ethyl adjacent to an activating group) is 1. The molecule has 26 heavy (non-hydrogen) atoms. The van der Waals surface area contributed by atoms with Gasteiger partial charge in [0.25, 0.3) is 0 Å². The first-order valence-electron chi connectivity index (χ1n) is 8.59. The van der Waals surface area contributed by atoms with Crippen LogP contribution < -0.4 is 0 Å². The van der Waals surface area contributed by atoms with Gasteiger partial charge in [0.1, 0.15) is 5.60 Å². The number of nitrogens with zero attached hydrogens (tertiary/aromatic N) is 3. The smallest absolute Gasteiger partial charge is 0.410 e. The van der Waals surface area contributed by atoms with Crippen LogP contribution in [0.5, 0.6) is 0 Å². The van der Waals surface area contributed by atoms with Gasteiger partial charge in [0, 0.05) is 18.3 Å². The van der Waals surface area contributed by atoms with Crippen molar-refractivity contribution in [3.05, 3.63) is 42.1 Å². The molecule has 1 amide bonds. The van der Waals surface area contributed by atoms with Crippen molar-refractivity contribution in [1.29, 1.82) is 0 Å². The summed E-state index contributed by atoms with van der Waals surface area (Å²) < 4.78 is 33.6. The van der Waals surface area contributed by atoms with E-state index < -0.39 is 17.2 Å². The summed E-state index contributed by atoms with van der Waals surface area (Å²) in [5.41, 5.74) is 0.474. The Bertz CT molecular complexity index is 768. The first-order chi connectivity index (χ1) is 12.1. The van der Waals surface area contributed by atoms with Crippen molar-refractivity contribution >= 4 is 6.09 Å². The van der Waals surface area contributed by atoms with E-state index in [0.29, 0.717) is 24.3 Å². The minimum atomic E-state index is -0.910. The molecular formula is C19H25F2N3O2. The number of benzene rings is 1. The van der Waals surface area contributed by atoms with E-state index in [1.54, 1.807) is 21.8 Å². The van der Waals surface area contributed by atoms with E-state index in [-0.39, 0.29) is 12.1 Å². The standard InChI is InChI=1S/C19H25F2N3O2/c1-6-24(18(25)26-19(3,4)5)13(2)12-23-10-9-17(22-23)14-7-8-15(20)16(21)11-14/h7-11,13H,6,12H2,1-5H3/t13-/m0/s1. The molecular weight excluding hydrogens is 340 g/mol. The number of carbonyl (C=O) groups excluding carboxylic acids is 1. The second-order valence-electron chi connectivity index (χ2n) is 7.17. The maximum atomic E-state index is 13.4. The van der Waals surface area contributed by atoms with Crippen LogP contribution >= 0.6 is 0 Å². The lowest BCUT2D eigenvalue weighted by molar-refractivity contribution is 0.0171. The fraction of sp³-hybridized carbons (Fsp3) is 0.474. The van der Waals surface area contributed by atoms with E-state index >= 15 is 0 Å². The van der Waals surface area contributed by atoms with Crippen LogP contribution in [0.3, 0.4) is 0 Å². The number of halogens is 2. The van der Waals surface area contributed by atoms with Crippen LogP contribution in [-0.4, -0.2) is 39.0 Å². The Hall–Kier alpha value is -2.44. The van der Waals surface area contributed by atoms with Gasteiger partial charge in [0.2, 0.25) is 0 Å². The van der Waals surface area contributed by atoms with Crippen molar-refractivity contribution in [1.82, 2.24) is 14.7 Å². The molecule has 1 aromatic heterocycles. The van der Waals surface area contributed by atoms with Crippen LogP contribution in [0.1, 0.15) is 34.6 Å².